The van der Waals surface area contributed by atoms with Crippen LogP contribution in [0.2, 0.25) is 0 Å². The number of carbonyl (C=O) groups excluding carboxylic acids is 1. The van der Waals surface area contributed by atoms with Gasteiger partial charge in [-0.1, -0.05) is 31.1 Å². The lowest BCUT2D eigenvalue weighted by Gasteiger charge is -2.13. The van der Waals surface area contributed by atoms with E-state index in [-0.39, 0.29) is 23.8 Å². The van der Waals surface area contributed by atoms with Gasteiger partial charge in [-0.15, -0.1) is 0 Å². The van der Waals surface area contributed by atoms with Gasteiger partial charge in [0, 0.05) is 18.0 Å². The molecule has 0 aliphatic rings. The molecule has 2 N–H and O–H groups in total. The van der Waals surface area contributed by atoms with Crippen LogP contribution < -0.4 is 10.9 Å². The quantitative estimate of drug-likeness (QED) is 0.624. The summed E-state index contributed by atoms with van der Waals surface area (Å²) in [7, 11) is 0. The SMILES string of the molecule is Cc1cccc(-c2nc(C(C)C)no2)c1NC(=O)CCc1c(C)[nH]c(=O)c(C#N)c1C. The van der Waals surface area contributed by atoms with Crippen LogP contribution in [-0.2, 0) is 11.2 Å². The van der Waals surface area contributed by atoms with E-state index in [4.69, 9.17) is 4.52 Å². The van der Waals surface area contributed by atoms with E-state index in [1.165, 1.54) is 0 Å². The number of aryl methyl sites for hydroxylation is 2. The molecule has 3 rings (SSSR count). The highest BCUT2D eigenvalue weighted by Crippen LogP contribution is 2.30. The van der Waals surface area contributed by atoms with Gasteiger partial charge in [-0.3, -0.25) is 9.59 Å². The molecule has 8 nitrogen and oxygen atoms in total. The van der Waals surface area contributed by atoms with Crippen LogP contribution in [0.5, 0.6) is 0 Å². The highest BCUT2D eigenvalue weighted by molar-refractivity contribution is 5.95. The fourth-order valence-corrected chi connectivity index (χ4v) is 3.45. The lowest BCUT2D eigenvalue weighted by molar-refractivity contribution is -0.116. The molecule has 2 aromatic heterocycles. The highest BCUT2D eigenvalue weighted by Gasteiger charge is 2.18. The molecule has 0 atom stereocenters. The molecule has 0 bridgehead atoms. The first-order chi connectivity index (χ1) is 14.7. The summed E-state index contributed by atoms with van der Waals surface area (Å²) in [6.45, 7) is 9.35. The van der Waals surface area contributed by atoms with Gasteiger partial charge in [0.25, 0.3) is 11.4 Å². The number of aromatic nitrogens is 3. The molecule has 1 aromatic carbocycles. The van der Waals surface area contributed by atoms with E-state index in [1.807, 2.05) is 45.0 Å². The van der Waals surface area contributed by atoms with Crippen molar-refractivity contribution in [3.05, 3.63) is 62.3 Å². The van der Waals surface area contributed by atoms with Gasteiger partial charge < -0.3 is 14.8 Å². The number of nitriles is 1. The molecule has 160 valence electrons. The van der Waals surface area contributed by atoms with Crippen molar-refractivity contribution in [2.24, 2.45) is 0 Å². The predicted molar refractivity (Wildman–Crippen MR) is 117 cm³/mol. The Labute approximate surface area is 180 Å². The number of para-hydroxylation sites is 1. The number of hydrogen-bond acceptors (Lipinski definition) is 6. The van der Waals surface area contributed by atoms with Crippen molar-refractivity contribution in [1.82, 2.24) is 15.1 Å². The molecule has 0 aliphatic heterocycles. The minimum atomic E-state index is -0.407. The molecule has 3 aromatic rings. The molecule has 0 saturated heterocycles. The zero-order valence-corrected chi connectivity index (χ0v) is 18.3. The van der Waals surface area contributed by atoms with Crippen molar-refractivity contribution in [2.75, 3.05) is 5.32 Å². The van der Waals surface area contributed by atoms with Crippen LogP contribution in [-0.4, -0.2) is 21.0 Å². The summed E-state index contributed by atoms with van der Waals surface area (Å²) in [6, 6.07) is 7.53. The van der Waals surface area contributed by atoms with Crippen LogP contribution in [0, 0.1) is 32.1 Å². The summed E-state index contributed by atoms with van der Waals surface area (Å²) in [5, 5.41) is 16.2. The van der Waals surface area contributed by atoms with Crippen molar-refractivity contribution >= 4 is 11.6 Å². The number of carbonyl (C=O) groups is 1. The number of hydrogen-bond donors (Lipinski definition) is 2. The van der Waals surface area contributed by atoms with E-state index in [1.54, 1.807) is 13.8 Å². The molecule has 0 unspecified atom stereocenters. The average Bonchev–Trinajstić information content (AvgIpc) is 3.20. The van der Waals surface area contributed by atoms with Crippen molar-refractivity contribution in [3.8, 4) is 17.5 Å². The molecule has 2 heterocycles. The molecule has 8 heteroatoms. The van der Waals surface area contributed by atoms with Gasteiger partial charge in [0.2, 0.25) is 5.91 Å². The van der Waals surface area contributed by atoms with Crippen molar-refractivity contribution in [3.63, 3.8) is 0 Å². The third kappa shape index (κ3) is 4.56. The standard InChI is InChI=1S/C23H25N5O3/c1-12(2)21-27-23(31-28-21)17-8-6-7-13(3)20(17)26-19(29)10-9-16-14(4)18(11-24)22(30)25-15(16)5/h6-8,12H,9-10H2,1-5H3,(H,25,30)(H,26,29). The Balaban J connectivity index is 1.82. The van der Waals surface area contributed by atoms with Crippen LogP contribution in [0.1, 0.15) is 60.0 Å². The number of anilines is 1. The van der Waals surface area contributed by atoms with E-state index >= 15 is 0 Å². The van der Waals surface area contributed by atoms with Gasteiger partial charge in [-0.2, -0.15) is 10.2 Å². The molecular formula is C23H25N5O3. The zero-order valence-electron chi connectivity index (χ0n) is 18.3. The first kappa shape index (κ1) is 22.0. The molecule has 31 heavy (non-hydrogen) atoms. The van der Waals surface area contributed by atoms with Crippen LogP contribution in [0.15, 0.2) is 27.5 Å². The maximum absolute atomic E-state index is 12.8. The maximum atomic E-state index is 12.8. The Hall–Kier alpha value is -3.73. The van der Waals surface area contributed by atoms with Gasteiger partial charge in [0.1, 0.15) is 11.6 Å². The zero-order chi connectivity index (χ0) is 22.7. The lowest BCUT2D eigenvalue weighted by atomic mass is 9.99. The second kappa shape index (κ2) is 8.96. The molecular weight excluding hydrogens is 394 g/mol. The molecule has 0 radical (unpaired) electrons. The Morgan fingerprint density at radius 2 is 2.03 bits per heavy atom. The normalized spacial score (nSPS) is 10.9. The number of nitrogens with one attached hydrogen (secondary N) is 2. The van der Waals surface area contributed by atoms with Gasteiger partial charge in [-0.25, -0.2) is 0 Å². The van der Waals surface area contributed by atoms with E-state index in [2.05, 4.69) is 20.4 Å². The lowest BCUT2D eigenvalue weighted by Crippen LogP contribution is -2.19. The summed E-state index contributed by atoms with van der Waals surface area (Å²) in [5.74, 6) is 0.893. The van der Waals surface area contributed by atoms with Crippen molar-refractivity contribution in [1.29, 1.82) is 5.26 Å². The summed E-state index contributed by atoms with van der Waals surface area (Å²) in [5.41, 5.74) is 3.91. The summed E-state index contributed by atoms with van der Waals surface area (Å²) in [6.07, 6.45) is 0.585. The third-order valence-electron chi connectivity index (χ3n) is 5.25. The Morgan fingerprint density at radius 3 is 2.68 bits per heavy atom. The molecule has 0 spiro atoms. The second-order valence-electron chi connectivity index (χ2n) is 7.83. The predicted octanol–water partition coefficient (Wildman–Crippen LogP) is 3.92. The summed E-state index contributed by atoms with van der Waals surface area (Å²) in [4.78, 5) is 31.8. The third-order valence-corrected chi connectivity index (χ3v) is 5.25. The first-order valence-corrected chi connectivity index (χ1v) is 10.1. The number of pyridine rings is 1. The fourth-order valence-electron chi connectivity index (χ4n) is 3.45. The highest BCUT2D eigenvalue weighted by atomic mass is 16.5. The first-order valence-electron chi connectivity index (χ1n) is 10.1. The fraction of sp³-hybridized carbons (Fsp3) is 0.348. The second-order valence-corrected chi connectivity index (χ2v) is 7.83. The van der Waals surface area contributed by atoms with E-state index in [0.29, 0.717) is 40.6 Å². The smallest absolute Gasteiger partial charge is 0.266 e. The largest absolute Gasteiger partial charge is 0.334 e. The summed E-state index contributed by atoms with van der Waals surface area (Å²) >= 11 is 0. The topological polar surface area (TPSA) is 125 Å². The monoisotopic (exact) mass is 419 g/mol. The van der Waals surface area contributed by atoms with Crippen molar-refractivity contribution in [2.45, 2.75) is 53.4 Å². The van der Waals surface area contributed by atoms with E-state index in [9.17, 15) is 14.9 Å². The van der Waals surface area contributed by atoms with Crippen molar-refractivity contribution < 1.29 is 9.32 Å². The number of amides is 1. The Kier molecular flexibility index (Phi) is 6.35. The minimum Gasteiger partial charge on any atom is -0.334 e. The minimum absolute atomic E-state index is 0.0829. The van der Waals surface area contributed by atoms with Gasteiger partial charge in [0.15, 0.2) is 5.82 Å². The molecule has 0 saturated carbocycles. The number of nitrogens with zero attached hydrogens (tertiary/aromatic N) is 3. The molecule has 0 fully saturated rings. The maximum Gasteiger partial charge on any atom is 0.266 e. The Bertz CT molecular complexity index is 1230. The summed E-state index contributed by atoms with van der Waals surface area (Å²) < 4.78 is 5.41. The number of rotatable bonds is 6. The number of aromatic amines is 1. The van der Waals surface area contributed by atoms with Gasteiger partial charge in [0.05, 0.1) is 11.3 Å². The van der Waals surface area contributed by atoms with Gasteiger partial charge >= 0.3 is 0 Å². The van der Waals surface area contributed by atoms with Gasteiger partial charge in [-0.05, 0) is 49.9 Å². The number of benzene rings is 1. The average molecular weight is 419 g/mol. The van der Waals surface area contributed by atoms with Crippen LogP contribution in [0.25, 0.3) is 11.5 Å². The van der Waals surface area contributed by atoms with Crippen LogP contribution >= 0.6 is 0 Å². The molecule has 1 amide bonds. The van der Waals surface area contributed by atoms with E-state index < -0.39 is 5.56 Å². The van der Waals surface area contributed by atoms with Crippen LogP contribution in [0.4, 0.5) is 5.69 Å². The van der Waals surface area contributed by atoms with E-state index in [0.717, 1.165) is 11.1 Å². The van der Waals surface area contributed by atoms with Crippen LogP contribution in [0.3, 0.4) is 0 Å². The number of H-pyrrole nitrogens is 1. The Morgan fingerprint density at radius 1 is 1.29 bits per heavy atom. The molecule has 0 aliphatic carbocycles.